The number of nitrogens with one attached hydrogen (secondary N) is 1. The lowest BCUT2D eigenvalue weighted by molar-refractivity contribution is -0.118. The van der Waals surface area contributed by atoms with E-state index in [1.54, 1.807) is 18.2 Å². The Morgan fingerprint density at radius 3 is 2.69 bits per heavy atom. The fourth-order valence-electron chi connectivity index (χ4n) is 3.37. The molecule has 5 nitrogen and oxygen atoms in total. The number of benzene rings is 2. The third-order valence-electron chi connectivity index (χ3n) is 4.60. The van der Waals surface area contributed by atoms with E-state index in [4.69, 9.17) is 14.2 Å². The van der Waals surface area contributed by atoms with Crippen molar-refractivity contribution in [3.8, 4) is 17.2 Å². The largest absolute Gasteiger partial charge is 0.484 e. The van der Waals surface area contributed by atoms with E-state index >= 15 is 0 Å². The lowest BCUT2D eigenvalue weighted by Crippen LogP contribution is -2.40. The van der Waals surface area contributed by atoms with Gasteiger partial charge in [-0.25, -0.2) is 4.39 Å². The molecular weight excluding hydrogens is 337 g/mol. The topological polar surface area (TPSA) is 56.8 Å². The Kier molecular flexibility index (Phi) is 4.41. The minimum atomic E-state index is -0.538. The van der Waals surface area contributed by atoms with Gasteiger partial charge in [-0.2, -0.15) is 0 Å². The minimum Gasteiger partial charge on any atom is -0.484 e. The summed E-state index contributed by atoms with van der Waals surface area (Å²) < 4.78 is 30.5. The van der Waals surface area contributed by atoms with Crippen molar-refractivity contribution in [2.24, 2.45) is 0 Å². The number of rotatable bonds is 4. The second-order valence-electron chi connectivity index (χ2n) is 6.63. The molecule has 2 aromatic rings. The van der Waals surface area contributed by atoms with Gasteiger partial charge in [0.2, 0.25) is 0 Å². The van der Waals surface area contributed by atoms with Crippen LogP contribution in [0.2, 0.25) is 0 Å². The number of ether oxygens (including phenoxy) is 3. The number of carbonyl (C=O) groups excluding carboxylic acids is 1. The van der Waals surface area contributed by atoms with Crippen LogP contribution < -0.4 is 19.5 Å². The van der Waals surface area contributed by atoms with E-state index in [1.165, 1.54) is 24.6 Å². The Morgan fingerprint density at radius 2 is 1.88 bits per heavy atom. The minimum absolute atomic E-state index is 0.207. The van der Waals surface area contributed by atoms with Crippen LogP contribution in [0.15, 0.2) is 42.5 Å². The highest BCUT2D eigenvalue weighted by Crippen LogP contribution is 2.46. The number of fused-ring (bicyclic) bond motifs is 1. The Bertz CT molecular complexity index is 817. The monoisotopic (exact) mass is 357 g/mol. The van der Waals surface area contributed by atoms with Gasteiger partial charge in [0.05, 0.1) is 0 Å². The molecule has 4 rings (SSSR count). The third-order valence-corrected chi connectivity index (χ3v) is 4.60. The van der Waals surface area contributed by atoms with Gasteiger partial charge in [0.15, 0.2) is 18.1 Å². The SMILES string of the molecule is O=C(COc1cccc(F)c1)Nc1ccc2c(c1)OC1(CCCCC1)O2. The molecule has 0 atom stereocenters. The highest BCUT2D eigenvalue weighted by atomic mass is 19.1. The number of carbonyl (C=O) groups is 1. The van der Waals surface area contributed by atoms with Crippen molar-refractivity contribution >= 4 is 11.6 Å². The van der Waals surface area contributed by atoms with Crippen LogP contribution in [0, 0.1) is 5.82 Å². The van der Waals surface area contributed by atoms with Crippen molar-refractivity contribution in [3.63, 3.8) is 0 Å². The van der Waals surface area contributed by atoms with Crippen molar-refractivity contribution in [2.45, 2.75) is 37.9 Å². The van der Waals surface area contributed by atoms with Crippen LogP contribution >= 0.6 is 0 Å². The van der Waals surface area contributed by atoms with Gasteiger partial charge < -0.3 is 19.5 Å². The second kappa shape index (κ2) is 6.86. The molecule has 26 heavy (non-hydrogen) atoms. The molecule has 1 saturated carbocycles. The molecule has 0 aromatic heterocycles. The molecule has 1 N–H and O–H groups in total. The molecule has 1 heterocycles. The Morgan fingerprint density at radius 1 is 1.08 bits per heavy atom. The normalized spacial score (nSPS) is 17.1. The fraction of sp³-hybridized carbons (Fsp3) is 0.350. The molecule has 1 aliphatic carbocycles. The molecule has 0 radical (unpaired) electrons. The van der Waals surface area contributed by atoms with E-state index in [0.717, 1.165) is 25.7 Å². The predicted octanol–water partition coefficient (Wildman–Crippen LogP) is 4.27. The third kappa shape index (κ3) is 3.59. The van der Waals surface area contributed by atoms with E-state index in [0.29, 0.717) is 22.9 Å². The van der Waals surface area contributed by atoms with Crippen molar-refractivity contribution < 1.29 is 23.4 Å². The first-order chi connectivity index (χ1) is 12.6. The van der Waals surface area contributed by atoms with E-state index in [2.05, 4.69) is 5.32 Å². The van der Waals surface area contributed by atoms with Gasteiger partial charge in [0.25, 0.3) is 11.7 Å². The summed E-state index contributed by atoms with van der Waals surface area (Å²) in [5.41, 5.74) is 0.605. The summed E-state index contributed by atoms with van der Waals surface area (Å²) in [6, 6.07) is 11.0. The lowest BCUT2D eigenvalue weighted by atomic mass is 9.94. The van der Waals surface area contributed by atoms with Gasteiger partial charge in [0.1, 0.15) is 11.6 Å². The summed E-state index contributed by atoms with van der Waals surface area (Å²) in [5, 5.41) is 2.75. The zero-order valence-electron chi connectivity index (χ0n) is 14.3. The first kappa shape index (κ1) is 16.7. The molecule has 1 fully saturated rings. The summed E-state index contributed by atoms with van der Waals surface area (Å²) in [7, 11) is 0. The van der Waals surface area contributed by atoms with Crippen LogP contribution in [-0.2, 0) is 4.79 Å². The standard InChI is InChI=1S/C20H20FNO4/c21-14-5-4-6-16(11-14)24-13-19(23)22-15-7-8-17-18(12-15)26-20(25-17)9-2-1-3-10-20/h4-8,11-12H,1-3,9-10,13H2,(H,22,23). The average molecular weight is 357 g/mol. The van der Waals surface area contributed by atoms with E-state index in [-0.39, 0.29) is 12.5 Å². The van der Waals surface area contributed by atoms with Gasteiger partial charge >= 0.3 is 0 Å². The van der Waals surface area contributed by atoms with Gasteiger partial charge in [-0.3, -0.25) is 4.79 Å². The molecule has 2 aliphatic rings. The van der Waals surface area contributed by atoms with Crippen LogP contribution in [-0.4, -0.2) is 18.3 Å². The quantitative estimate of drug-likeness (QED) is 0.888. The Balaban J connectivity index is 1.36. The van der Waals surface area contributed by atoms with Gasteiger partial charge in [-0.15, -0.1) is 0 Å². The van der Waals surface area contributed by atoms with Crippen LogP contribution in [0.1, 0.15) is 32.1 Å². The zero-order chi connectivity index (χ0) is 18.0. The first-order valence-electron chi connectivity index (χ1n) is 8.82. The van der Waals surface area contributed by atoms with Crippen LogP contribution in [0.3, 0.4) is 0 Å². The highest BCUT2D eigenvalue weighted by molar-refractivity contribution is 5.92. The number of halogens is 1. The fourth-order valence-corrected chi connectivity index (χ4v) is 3.37. The molecule has 0 unspecified atom stereocenters. The van der Waals surface area contributed by atoms with Gasteiger partial charge in [-0.05, 0) is 37.1 Å². The molecule has 1 amide bonds. The summed E-state index contributed by atoms with van der Waals surface area (Å²) in [4.78, 5) is 12.1. The molecule has 136 valence electrons. The second-order valence-corrected chi connectivity index (χ2v) is 6.63. The maximum Gasteiger partial charge on any atom is 0.262 e. The maximum atomic E-state index is 13.1. The van der Waals surface area contributed by atoms with Gasteiger partial charge in [-0.1, -0.05) is 12.5 Å². The summed E-state index contributed by atoms with van der Waals surface area (Å²) >= 11 is 0. The van der Waals surface area contributed by atoms with Crippen molar-refractivity contribution in [2.75, 3.05) is 11.9 Å². The van der Waals surface area contributed by atoms with Crippen LogP contribution in [0.25, 0.3) is 0 Å². The number of anilines is 1. The predicted molar refractivity (Wildman–Crippen MR) is 94.0 cm³/mol. The summed E-state index contributed by atoms with van der Waals surface area (Å²) in [5.74, 6) is 0.390. The molecule has 2 aromatic carbocycles. The summed E-state index contributed by atoms with van der Waals surface area (Å²) in [6.07, 6.45) is 5.15. The molecule has 6 heteroatoms. The Hall–Kier alpha value is -2.76. The van der Waals surface area contributed by atoms with Crippen molar-refractivity contribution in [3.05, 3.63) is 48.3 Å². The Labute approximate surface area is 151 Å². The van der Waals surface area contributed by atoms with E-state index in [9.17, 15) is 9.18 Å². The zero-order valence-corrected chi connectivity index (χ0v) is 14.3. The lowest BCUT2D eigenvalue weighted by Gasteiger charge is -2.31. The van der Waals surface area contributed by atoms with E-state index < -0.39 is 11.6 Å². The molecular formula is C20H20FNO4. The molecule has 1 aliphatic heterocycles. The number of amides is 1. The molecule has 0 bridgehead atoms. The first-order valence-corrected chi connectivity index (χ1v) is 8.82. The molecule has 1 spiro atoms. The van der Waals surface area contributed by atoms with Crippen LogP contribution in [0.5, 0.6) is 17.2 Å². The molecule has 0 saturated heterocycles. The highest BCUT2D eigenvalue weighted by Gasteiger charge is 2.42. The smallest absolute Gasteiger partial charge is 0.262 e. The van der Waals surface area contributed by atoms with Crippen molar-refractivity contribution in [1.82, 2.24) is 0 Å². The maximum absolute atomic E-state index is 13.1. The van der Waals surface area contributed by atoms with Crippen molar-refractivity contribution in [1.29, 1.82) is 0 Å². The average Bonchev–Trinajstić information content (AvgIpc) is 2.97. The summed E-state index contributed by atoms with van der Waals surface area (Å²) in [6.45, 7) is -0.207. The van der Waals surface area contributed by atoms with Crippen LogP contribution in [0.4, 0.5) is 10.1 Å². The number of hydrogen-bond acceptors (Lipinski definition) is 4. The number of hydrogen-bond donors (Lipinski definition) is 1. The van der Waals surface area contributed by atoms with Gasteiger partial charge in [0, 0.05) is 30.7 Å². The van der Waals surface area contributed by atoms with E-state index in [1.807, 2.05) is 6.07 Å².